The summed E-state index contributed by atoms with van der Waals surface area (Å²) in [5.74, 6) is -0.447. The minimum Gasteiger partial charge on any atom is -0.477 e. The Balaban J connectivity index is 1.52. The first-order valence-corrected chi connectivity index (χ1v) is 16.9. The Bertz CT molecular complexity index is 1480. The molecule has 0 aliphatic carbocycles. The molecule has 238 valence electrons. The van der Waals surface area contributed by atoms with Crippen molar-refractivity contribution >= 4 is 14.5 Å². The summed E-state index contributed by atoms with van der Waals surface area (Å²) in [4.78, 5) is 4.75. The van der Waals surface area contributed by atoms with Gasteiger partial charge in [0.15, 0.2) is 17.0 Å². The summed E-state index contributed by atoms with van der Waals surface area (Å²) in [6.07, 6.45) is -1.35. The van der Waals surface area contributed by atoms with Crippen LogP contribution in [0.4, 0.5) is 0 Å². The van der Waals surface area contributed by atoms with Crippen molar-refractivity contribution in [3.63, 3.8) is 0 Å². The van der Waals surface area contributed by atoms with Crippen LogP contribution in [0.25, 0.3) is 0 Å². The second-order valence-corrected chi connectivity index (χ2v) is 14.0. The lowest BCUT2D eigenvalue weighted by Gasteiger charge is -2.41. The van der Waals surface area contributed by atoms with Crippen molar-refractivity contribution in [3.05, 3.63) is 144 Å². The molecule has 7 nitrogen and oxygen atoms in total. The van der Waals surface area contributed by atoms with Gasteiger partial charge in [0.2, 0.25) is 5.90 Å². The molecule has 4 aromatic rings. The molecule has 0 bridgehead atoms. The van der Waals surface area contributed by atoms with E-state index in [0.717, 1.165) is 22.3 Å². The fourth-order valence-corrected chi connectivity index (χ4v) is 8.39. The van der Waals surface area contributed by atoms with Crippen LogP contribution >= 0.6 is 8.60 Å². The normalized spacial score (nSPS) is 26.4. The standard InChI is InChI=1S/C38H40NO6P/c1-27-26-40-34(39-27)35(2,3)43-46-44-37(28-18-10-6-11-19-28,29-20-12-7-13-21-29)32-33(42-36(4,5)41-32)38(45-46,30-22-14-8-15-23-30)31-24-16-9-17-25-31/h6-25,27,32-33H,26H2,1-5H3/t27-,32+,33?,46?/m0/s1. The molecule has 0 amide bonds. The average molecular weight is 638 g/mol. The lowest BCUT2D eigenvalue weighted by molar-refractivity contribution is -0.177. The topological polar surface area (TPSA) is 67.7 Å². The maximum atomic E-state index is 7.40. The highest BCUT2D eigenvalue weighted by atomic mass is 31.2. The summed E-state index contributed by atoms with van der Waals surface area (Å²) >= 11 is 0. The summed E-state index contributed by atoms with van der Waals surface area (Å²) in [5, 5.41) is 0. The number of aliphatic imine (C=N–C) groups is 1. The largest absolute Gasteiger partial charge is 0.477 e. The molecule has 0 spiro atoms. The molecular formula is C38H40NO6P. The average Bonchev–Trinajstić information content (AvgIpc) is 3.64. The Morgan fingerprint density at radius 2 is 1.02 bits per heavy atom. The van der Waals surface area contributed by atoms with E-state index in [2.05, 4.69) is 48.5 Å². The van der Waals surface area contributed by atoms with E-state index < -0.39 is 43.4 Å². The summed E-state index contributed by atoms with van der Waals surface area (Å²) in [5.41, 5.74) is 0.240. The molecule has 7 rings (SSSR count). The molecule has 3 aliphatic heterocycles. The summed E-state index contributed by atoms with van der Waals surface area (Å²) in [6.45, 7) is 10.3. The van der Waals surface area contributed by atoms with Crippen LogP contribution in [0.3, 0.4) is 0 Å². The first-order chi connectivity index (χ1) is 22.1. The van der Waals surface area contributed by atoms with E-state index in [1.54, 1.807) is 0 Å². The number of benzene rings is 4. The van der Waals surface area contributed by atoms with Crippen molar-refractivity contribution in [1.82, 2.24) is 0 Å². The molecule has 4 atom stereocenters. The fraction of sp³-hybridized carbons (Fsp3) is 0.342. The van der Waals surface area contributed by atoms with Gasteiger partial charge in [0.05, 0.1) is 6.04 Å². The van der Waals surface area contributed by atoms with Gasteiger partial charge in [-0.3, -0.25) is 13.6 Å². The van der Waals surface area contributed by atoms with Gasteiger partial charge in [0.25, 0.3) is 0 Å². The summed E-state index contributed by atoms with van der Waals surface area (Å²) in [7, 11) is -2.16. The third-order valence-corrected chi connectivity index (χ3v) is 10.2. The summed E-state index contributed by atoms with van der Waals surface area (Å²) < 4.78 is 41.8. The van der Waals surface area contributed by atoms with E-state index >= 15 is 0 Å². The van der Waals surface area contributed by atoms with Crippen LogP contribution in [0.2, 0.25) is 0 Å². The lowest BCUT2D eigenvalue weighted by atomic mass is 9.72. The number of fused-ring (bicyclic) bond motifs is 1. The van der Waals surface area contributed by atoms with E-state index in [-0.39, 0.29) is 6.04 Å². The fourth-order valence-electron chi connectivity index (χ4n) is 6.72. The van der Waals surface area contributed by atoms with Crippen LogP contribution in [0.15, 0.2) is 126 Å². The predicted octanol–water partition coefficient (Wildman–Crippen LogP) is 8.28. The smallest absolute Gasteiger partial charge is 0.336 e. The van der Waals surface area contributed by atoms with Crippen LogP contribution in [0.5, 0.6) is 0 Å². The molecule has 4 aromatic carbocycles. The molecule has 2 saturated heterocycles. The van der Waals surface area contributed by atoms with E-state index in [4.69, 9.17) is 32.8 Å². The third-order valence-electron chi connectivity index (χ3n) is 8.76. The molecule has 0 N–H and O–H groups in total. The third kappa shape index (κ3) is 5.39. The van der Waals surface area contributed by atoms with Crippen LogP contribution in [0, 0.1) is 0 Å². The van der Waals surface area contributed by atoms with Gasteiger partial charge in [-0.25, -0.2) is 4.99 Å². The Morgan fingerprint density at radius 3 is 1.35 bits per heavy atom. The predicted molar refractivity (Wildman–Crippen MR) is 178 cm³/mol. The zero-order valence-electron chi connectivity index (χ0n) is 26.8. The lowest BCUT2D eigenvalue weighted by Crippen LogP contribution is -2.53. The molecule has 8 heteroatoms. The van der Waals surface area contributed by atoms with Crippen LogP contribution in [0.1, 0.15) is 56.9 Å². The van der Waals surface area contributed by atoms with Gasteiger partial charge in [0, 0.05) is 0 Å². The van der Waals surface area contributed by atoms with E-state index in [9.17, 15) is 0 Å². The number of hydrogen-bond donors (Lipinski definition) is 0. The van der Waals surface area contributed by atoms with Crippen LogP contribution in [-0.4, -0.2) is 42.1 Å². The Labute approximate surface area is 272 Å². The van der Waals surface area contributed by atoms with E-state index in [1.807, 2.05) is 107 Å². The zero-order valence-corrected chi connectivity index (χ0v) is 27.7. The van der Waals surface area contributed by atoms with E-state index in [0.29, 0.717) is 12.5 Å². The van der Waals surface area contributed by atoms with Gasteiger partial charge in [-0.05, 0) is 56.9 Å². The maximum absolute atomic E-state index is 7.40. The number of rotatable bonds is 7. The highest BCUT2D eigenvalue weighted by Crippen LogP contribution is 2.65. The molecule has 3 aliphatic rings. The highest BCUT2D eigenvalue weighted by molar-refractivity contribution is 7.41. The molecule has 3 heterocycles. The van der Waals surface area contributed by atoms with Crippen molar-refractivity contribution < 1.29 is 27.8 Å². The SMILES string of the molecule is C[C@H]1COC(C(C)(C)OP2OC(c3ccccc3)(c3ccccc3)C3OC(C)(C)O[C@H]3C(c3ccccc3)(c3ccccc3)O2)=N1. The molecule has 0 radical (unpaired) electrons. The van der Waals surface area contributed by atoms with Gasteiger partial charge in [-0.2, -0.15) is 0 Å². The molecule has 46 heavy (non-hydrogen) atoms. The van der Waals surface area contributed by atoms with Gasteiger partial charge in [-0.1, -0.05) is 121 Å². The van der Waals surface area contributed by atoms with Crippen LogP contribution < -0.4 is 0 Å². The molecule has 2 unspecified atom stereocenters. The minimum absolute atomic E-state index is 0.0328. The quantitative estimate of drug-likeness (QED) is 0.190. The van der Waals surface area contributed by atoms with Gasteiger partial charge >= 0.3 is 8.60 Å². The first-order valence-electron chi connectivity index (χ1n) is 15.8. The number of hydrogen-bond acceptors (Lipinski definition) is 7. The zero-order chi connectivity index (χ0) is 32.0. The second kappa shape index (κ2) is 12.0. The summed E-state index contributed by atoms with van der Waals surface area (Å²) in [6, 6.07) is 40.7. The maximum Gasteiger partial charge on any atom is 0.336 e. The number of ether oxygens (including phenoxy) is 3. The van der Waals surface area contributed by atoms with Crippen LogP contribution in [-0.2, 0) is 39.0 Å². The van der Waals surface area contributed by atoms with Crippen molar-refractivity contribution in [3.8, 4) is 0 Å². The molecular weight excluding hydrogens is 597 g/mol. The van der Waals surface area contributed by atoms with Crippen molar-refractivity contribution in [2.24, 2.45) is 4.99 Å². The van der Waals surface area contributed by atoms with Gasteiger partial charge in [0.1, 0.15) is 24.4 Å². The molecule has 2 fully saturated rings. The Kier molecular flexibility index (Phi) is 8.13. The van der Waals surface area contributed by atoms with Crippen molar-refractivity contribution in [1.29, 1.82) is 0 Å². The number of nitrogens with zero attached hydrogens (tertiary/aromatic N) is 1. The molecule has 0 aromatic heterocycles. The monoisotopic (exact) mass is 637 g/mol. The Hall–Kier alpha value is -3.42. The molecule has 0 saturated carbocycles. The van der Waals surface area contributed by atoms with Gasteiger partial charge in [-0.15, -0.1) is 0 Å². The van der Waals surface area contributed by atoms with Crippen molar-refractivity contribution in [2.75, 3.05) is 6.61 Å². The van der Waals surface area contributed by atoms with E-state index in [1.165, 1.54) is 0 Å². The minimum atomic E-state index is -2.16. The highest BCUT2D eigenvalue weighted by Gasteiger charge is 2.67. The Morgan fingerprint density at radius 1 is 0.652 bits per heavy atom. The second-order valence-electron chi connectivity index (χ2n) is 13.0. The van der Waals surface area contributed by atoms with Gasteiger partial charge < -0.3 is 14.2 Å². The first kappa shape index (κ1) is 31.2. The van der Waals surface area contributed by atoms with Crippen molar-refractivity contribution in [2.45, 2.75) is 75.5 Å².